The Morgan fingerprint density at radius 3 is 2.55 bits per heavy atom. The number of piperazine rings is 1. The van der Waals surface area contributed by atoms with Gasteiger partial charge < -0.3 is 10.6 Å². The fourth-order valence-corrected chi connectivity index (χ4v) is 5.37. The van der Waals surface area contributed by atoms with Crippen molar-refractivity contribution in [2.45, 2.75) is 25.9 Å². The number of fused-ring (bicyclic) bond motifs is 1. The maximum Gasteiger partial charge on any atom is 0.253 e. The number of benzene rings is 2. The van der Waals surface area contributed by atoms with Crippen LogP contribution in [-0.4, -0.2) is 57.9 Å². The van der Waals surface area contributed by atoms with Crippen molar-refractivity contribution in [1.29, 1.82) is 0 Å². The third-order valence-electron chi connectivity index (χ3n) is 6.53. The number of amides is 1. The van der Waals surface area contributed by atoms with Crippen molar-refractivity contribution in [2.75, 3.05) is 25.9 Å². The van der Waals surface area contributed by atoms with E-state index < -0.39 is 0 Å². The molecule has 3 heterocycles. The van der Waals surface area contributed by atoms with Crippen LogP contribution < -0.4 is 5.73 Å². The standard InChI is InChI=1S/C26H27N5OS/c1-16-14-31(15-17(2)30(16)3)26(32)19-8-6-7-18(11-19)20-12-21(24(27)28-13-20)25-29-22-9-4-5-10-23(22)33-25/h4-13,16-17H,14-15H2,1-3H3,(H2,27,28)/t16-,17+. The van der Waals surface area contributed by atoms with Gasteiger partial charge in [-0.1, -0.05) is 24.3 Å². The van der Waals surface area contributed by atoms with Gasteiger partial charge in [-0.05, 0) is 56.8 Å². The zero-order valence-corrected chi connectivity index (χ0v) is 19.8. The summed E-state index contributed by atoms with van der Waals surface area (Å²) in [7, 11) is 2.12. The Balaban J connectivity index is 1.46. The number of aromatic nitrogens is 2. The van der Waals surface area contributed by atoms with Crippen LogP contribution in [0.1, 0.15) is 24.2 Å². The molecule has 2 aromatic carbocycles. The van der Waals surface area contributed by atoms with Gasteiger partial charge in [0.1, 0.15) is 10.8 Å². The summed E-state index contributed by atoms with van der Waals surface area (Å²) in [6, 6.07) is 18.5. The van der Waals surface area contributed by atoms with E-state index >= 15 is 0 Å². The first-order valence-electron chi connectivity index (χ1n) is 11.1. The lowest BCUT2D eigenvalue weighted by Gasteiger charge is -2.42. The fourth-order valence-electron chi connectivity index (χ4n) is 4.38. The van der Waals surface area contributed by atoms with Crippen LogP contribution in [0.25, 0.3) is 31.9 Å². The molecule has 0 spiro atoms. The molecule has 6 nitrogen and oxygen atoms in total. The number of para-hydroxylation sites is 1. The van der Waals surface area contributed by atoms with Crippen LogP contribution >= 0.6 is 11.3 Å². The Hall–Kier alpha value is -3.29. The van der Waals surface area contributed by atoms with Crippen LogP contribution in [0.5, 0.6) is 0 Å². The number of likely N-dealkylation sites (N-methyl/N-ethyl adjacent to an activating group) is 1. The molecule has 2 N–H and O–H groups in total. The minimum absolute atomic E-state index is 0.0680. The van der Waals surface area contributed by atoms with E-state index in [-0.39, 0.29) is 5.91 Å². The lowest BCUT2D eigenvalue weighted by atomic mass is 10.0. The highest BCUT2D eigenvalue weighted by atomic mass is 32.1. The third-order valence-corrected chi connectivity index (χ3v) is 7.60. The minimum atomic E-state index is 0.0680. The van der Waals surface area contributed by atoms with Gasteiger partial charge in [-0.15, -0.1) is 11.3 Å². The molecule has 7 heteroatoms. The highest BCUT2D eigenvalue weighted by Gasteiger charge is 2.29. The molecular formula is C26H27N5OS. The van der Waals surface area contributed by atoms with E-state index in [4.69, 9.17) is 10.7 Å². The quantitative estimate of drug-likeness (QED) is 0.480. The molecule has 4 aromatic rings. The number of nitrogens with two attached hydrogens (primary N) is 1. The van der Waals surface area contributed by atoms with Gasteiger partial charge >= 0.3 is 0 Å². The number of nitrogens with zero attached hydrogens (tertiary/aromatic N) is 4. The first-order chi connectivity index (χ1) is 15.9. The van der Waals surface area contributed by atoms with Gasteiger partial charge in [0.25, 0.3) is 5.91 Å². The maximum absolute atomic E-state index is 13.3. The van der Waals surface area contributed by atoms with E-state index in [1.165, 1.54) is 0 Å². The van der Waals surface area contributed by atoms with Crippen molar-refractivity contribution in [3.8, 4) is 21.7 Å². The molecule has 2 atom stereocenters. The van der Waals surface area contributed by atoms with Gasteiger partial charge in [-0.3, -0.25) is 9.69 Å². The van der Waals surface area contributed by atoms with Crippen molar-refractivity contribution >= 4 is 33.3 Å². The number of carbonyl (C=O) groups is 1. The number of nitrogen functional groups attached to an aromatic ring is 1. The Kier molecular flexibility index (Phi) is 5.60. The molecule has 1 amide bonds. The molecule has 1 aliphatic heterocycles. The lowest BCUT2D eigenvalue weighted by molar-refractivity contribution is 0.0414. The topological polar surface area (TPSA) is 75.3 Å². The predicted octanol–water partition coefficient (Wildman–Crippen LogP) is 4.77. The molecular weight excluding hydrogens is 430 g/mol. The van der Waals surface area contributed by atoms with E-state index in [2.05, 4.69) is 36.8 Å². The van der Waals surface area contributed by atoms with Crippen LogP contribution in [0.15, 0.2) is 60.8 Å². The van der Waals surface area contributed by atoms with Crippen molar-refractivity contribution in [2.24, 2.45) is 0 Å². The fraction of sp³-hybridized carbons (Fsp3) is 0.269. The average Bonchev–Trinajstić information content (AvgIpc) is 3.26. The molecule has 2 aromatic heterocycles. The number of hydrogen-bond acceptors (Lipinski definition) is 6. The van der Waals surface area contributed by atoms with Gasteiger partial charge in [0.15, 0.2) is 0 Å². The smallest absolute Gasteiger partial charge is 0.253 e. The van der Waals surface area contributed by atoms with Gasteiger partial charge in [-0.25, -0.2) is 9.97 Å². The molecule has 33 heavy (non-hydrogen) atoms. The Morgan fingerprint density at radius 2 is 1.79 bits per heavy atom. The summed E-state index contributed by atoms with van der Waals surface area (Å²) in [5.41, 5.74) is 10.5. The van der Waals surface area contributed by atoms with Gasteiger partial charge in [0, 0.05) is 42.5 Å². The number of pyridine rings is 1. The molecule has 1 fully saturated rings. The monoisotopic (exact) mass is 457 g/mol. The Bertz CT molecular complexity index is 1290. The molecule has 0 saturated carbocycles. The molecule has 0 aliphatic carbocycles. The summed E-state index contributed by atoms with van der Waals surface area (Å²) < 4.78 is 1.11. The molecule has 0 radical (unpaired) electrons. The number of carbonyl (C=O) groups excluding carboxylic acids is 1. The summed E-state index contributed by atoms with van der Waals surface area (Å²) in [4.78, 5) is 26.7. The van der Waals surface area contributed by atoms with Crippen LogP contribution in [0.3, 0.4) is 0 Å². The number of thiazole rings is 1. The third kappa shape index (κ3) is 4.10. The average molecular weight is 458 g/mol. The van der Waals surface area contributed by atoms with Crippen molar-refractivity contribution in [3.05, 3.63) is 66.4 Å². The summed E-state index contributed by atoms with van der Waals surface area (Å²) in [6.45, 7) is 5.79. The largest absolute Gasteiger partial charge is 0.383 e. The van der Waals surface area contributed by atoms with E-state index in [0.29, 0.717) is 23.5 Å². The normalized spacial score (nSPS) is 19.2. The molecule has 168 valence electrons. The van der Waals surface area contributed by atoms with Crippen LogP contribution in [-0.2, 0) is 0 Å². The number of anilines is 1. The van der Waals surface area contributed by atoms with Crippen LogP contribution in [0.2, 0.25) is 0 Å². The molecule has 5 rings (SSSR count). The highest BCUT2D eigenvalue weighted by Crippen LogP contribution is 2.35. The molecule has 1 saturated heterocycles. The zero-order chi connectivity index (χ0) is 23.1. The van der Waals surface area contributed by atoms with Gasteiger partial charge in [-0.2, -0.15) is 0 Å². The van der Waals surface area contributed by atoms with E-state index in [1.54, 1.807) is 17.5 Å². The van der Waals surface area contributed by atoms with Crippen molar-refractivity contribution < 1.29 is 4.79 Å². The summed E-state index contributed by atoms with van der Waals surface area (Å²) in [5.74, 6) is 0.517. The Labute approximate surface area is 197 Å². The molecule has 0 unspecified atom stereocenters. The highest BCUT2D eigenvalue weighted by molar-refractivity contribution is 7.21. The maximum atomic E-state index is 13.3. The second-order valence-electron chi connectivity index (χ2n) is 8.80. The summed E-state index contributed by atoms with van der Waals surface area (Å²) in [6.07, 6.45) is 1.76. The first kappa shape index (κ1) is 21.6. The van der Waals surface area contributed by atoms with Crippen LogP contribution in [0, 0.1) is 0 Å². The van der Waals surface area contributed by atoms with Gasteiger partial charge in [0.2, 0.25) is 0 Å². The molecule has 0 bridgehead atoms. The lowest BCUT2D eigenvalue weighted by Crippen LogP contribution is -2.56. The summed E-state index contributed by atoms with van der Waals surface area (Å²) in [5, 5.41) is 0.843. The van der Waals surface area contributed by atoms with E-state index in [0.717, 1.165) is 45.0 Å². The Morgan fingerprint density at radius 1 is 1.03 bits per heavy atom. The van der Waals surface area contributed by atoms with Crippen molar-refractivity contribution in [3.63, 3.8) is 0 Å². The second kappa shape index (κ2) is 8.57. The first-order valence-corrected chi connectivity index (χ1v) is 12.0. The van der Waals surface area contributed by atoms with Crippen LogP contribution in [0.4, 0.5) is 5.82 Å². The van der Waals surface area contributed by atoms with E-state index in [1.807, 2.05) is 53.4 Å². The summed E-state index contributed by atoms with van der Waals surface area (Å²) >= 11 is 1.60. The zero-order valence-electron chi connectivity index (χ0n) is 19.0. The SMILES string of the molecule is C[C@@H]1CN(C(=O)c2cccc(-c3cnc(N)c(-c4nc5ccccc5s4)c3)c2)C[C@H](C)N1C. The predicted molar refractivity (Wildman–Crippen MR) is 135 cm³/mol. The molecule has 1 aliphatic rings. The van der Waals surface area contributed by atoms with Gasteiger partial charge in [0.05, 0.1) is 15.8 Å². The number of rotatable bonds is 3. The second-order valence-corrected chi connectivity index (χ2v) is 9.83. The number of hydrogen-bond donors (Lipinski definition) is 1. The minimum Gasteiger partial charge on any atom is -0.383 e. The van der Waals surface area contributed by atoms with E-state index in [9.17, 15) is 4.79 Å². The van der Waals surface area contributed by atoms with Crippen molar-refractivity contribution in [1.82, 2.24) is 19.8 Å².